The molecular formula is C8H18N2. The highest BCUT2D eigenvalue weighted by Crippen LogP contribution is 2.19. The second-order valence-electron chi connectivity index (χ2n) is 3.49. The van der Waals surface area contributed by atoms with Gasteiger partial charge < -0.3 is 10.2 Å². The SMILES string of the molecule is CNCC1CC(C)CN1C. The number of nitrogens with one attached hydrogen (secondary N) is 1. The van der Waals surface area contributed by atoms with Crippen LogP contribution in [0.5, 0.6) is 0 Å². The first kappa shape index (κ1) is 8.02. The third kappa shape index (κ3) is 1.70. The molecule has 1 aliphatic heterocycles. The van der Waals surface area contributed by atoms with Gasteiger partial charge >= 0.3 is 0 Å². The summed E-state index contributed by atoms with van der Waals surface area (Å²) in [5.74, 6) is 0.892. The maximum absolute atomic E-state index is 3.22. The molecule has 2 heteroatoms. The van der Waals surface area contributed by atoms with Crippen molar-refractivity contribution in [2.24, 2.45) is 5.92 Å². The third-order valence-electron chi connectivity index (χ3n) is 2.34. The minimum absolute atomic E-state index is 0.778. The Kier molecular flexibility index (Phi) is 2.69. The maximum Gasteiger partial charge on any atom is 0.0220 e. The molecule has 1 heterocycles. The minimum atomic E-state index is 0.778. The summed E-state index contributed by atoms with van der Waals surface area (Å²) in [6, 6.07) is 0.778. The van der Waals surface area contributed by atoms with E-state index in [4.69, 9.17) is 0 Å². The van der Waals surface area contributed by atoms with Crippen molar-refractivity contribution < 1.29 is 0 Å². The van der Waals surface area contributed by atoms with Crippen LogP contribution >= 0.6 is 0 Å². The van der Waals surface area contributed by atoms with Gasteiger partial charge in [0.2, 0.25) is 0 Å². The van der Waals surface area contributed by atoms with E-state index in [1.54, 1.807) is 0 Å². The number of likely N-dealkylation sites (tertiary alicyclic amines) is 1. The van der Waals surface area contributed by atoms with Gasteiger partial charge in [-0.15, -0.1) is 0 Å². The van der Waals surface area contributed by atoms with E-state index in [9.17, 15) is 0 Å². The quantitative estimate of drug-likeness (QED) is 0.605. The van der Waals surface area contributed by atoms with E-state index < -0.39 is 0 Å². The Bertz CT molecular complexity index is 103. The highest BCUT2D eigenvalue weighted by molar-refractivity contribution is 4.81. The van der Waals surface area contributed by atoms with Crippen molar-refractivity contribution >= 4 is 0 Å². The van der Waals surface area contributed by atoms with Crippen molar-refractivity contribution in [3.8, 4) is 0 Å². The fraction of sp³-hybridized carbons (Fsp3) is 1.00. The zero-order valence-corrected chi connectivity index (χ0v) is 7.22. The van der Waals surface area contributed by atoms with E-state index in [-0.39, 0.29) is 0 Å². The fourth-order valence-corrected chi connectivity index (χ4v) is 1.83. The van der Waals surface area contributed by atoms with E-state index in [1.165, 1.54) is 13.0 Å². The summed E-state index contributed by atoms with van der Waals surface area (Å²) >= 11 is 0. The van der Waals surface area contributed by atoms with Gasteiger partial charge in [0.05, 0.1) is 0 Å². The molecule has 1 rings (SSSR count). The summed E-state index contributed by atoms with van der Waals surface area (Å²) in [5.41, 5.74) is 0. The Hall–Kier alpha value is -0.0800. The predicted octanol–water partition coefficient (Wildman–Crippen LogP) is 0.546. The minimum Gasteiger partial charge on any atom is -0.318 e. The average Bonchev–Trinajstić information content (AvgIpc) is 2.13. The Morgan fingerprint density at radius 2 is 2.30 bits per heavy atom. The Morgan fingerprint density at radius 3 is 2.70 bits per heavy atom. The molecule has 2 atom stereocenters. The van der Waals surface area contributed by atoms with Crippen molar-refractivity contribution in [1.29, 1.82) is 0 Å². The molecule has 0 radical (unpaired) electrons. The van der Waals surface area contributed by atoms with E-state index in [0.717, 1.165) is 18.5 Å². The number of rotatable bonds is 2. The normalized spacial score (nSPS) is 35.1. The van der Waals surface area contributed by atoms with Gasteiger partial charge in [0.1, 0.15) is 0 Å². The van der Waals surface area contributed by atoms with E-state index in [1.807, 2.05) is 7.05 Å². The molecule has 1 fully saturated rings. The van der Waals surface area contributed by atoms with Crippen LogP contribution in [0.15, 0.2) is 0 Å². The molecule has 1 saturated heterocycles. The van der Waals surface area contributed by atoms with E-state index in [2.05, 4.69) is 24.2 Å². The molecule has 60 valence electrons. The van der Waals surface area contributed by atoms with Gasteiger partial charge in [0.25, 0.3) is 0 Å². The monoisotopic (exact) mass is 142 g/mol. The number of hydrogen-bond donors (Lipinski definition) is 1. The van der Waals surface area contributed by atoms with Crippen LogP contribution in [0.3, 0.4) is 0 Å². The van der Waals surface area contributed by atoms with Crippen LogP contribution in [0.1, 0.15) is 13.3 Å². The molecule has 2 unspecified atom stereocenters. The lowest BCUT2D eigenvalue weighted by Gasteiger charge is -2.17. The van der Waals surface area contributed by atoms with Gasteiger partial charge in [-0.1, -0.05) is 6.92 Å². The van der Waals surface area contributed by atoms with E-state index in [0.29, 0.717) is 0 Å². The van der Waals surface area contributed by atoms with Gasteiger partial charge in [-0.3, -0.25) is 0 Å². The zero-order valence-electron chi connectivity index (χ0n) is 7.22. The average molecular weight is 142 g/mol. The molecule has 0 aliphatic carbocycles. The standard InChI is InChI=1S/C8H18N2/c1-7-4-8(5-9-2)10(3)6-7/h7-9H,4-6H2,1-3H3. The molecule has 0 spiro atoms. The number of likely N-dealkylation sites (N-methyl/N-ethyl adjacent to an activating group) is 2. The van der Waals surface area contributed by atoms with Crippen LogP contribution in [-0.2, 0) is 0 Å². The topological polar surface area (TPSA) is 15.3 Å². The highest BCUT2D eigenvalue weighted by atomic mass is 15.2. The summed E-state index contributed by atoms with van der Waals surface area (Å²) < 4.78 is 0. The van der Waals surface area contributed by atoms with E-state index >= 15 is 0 Å². The van der Waals surface area contributed by atoms with Gasteiger partial charge in [0, 0.05) is 19.1 Å². The Morgan fingerprint density at radius 1 is 1.60 bits per heavy atom. The predicted molar refractivity (Wildman–Crippen MR) is 44.1 cm³/mol. The van der Waals surface area contributed by atoms with Crippen molar-refractivity contribution in [2.45, 2.75) is 19.4 Å². The lowest BCUT2D eigenvalue weighted by Crippen LogP contribution is -2.33. The Balaban J connectivity index is 2.31. The molecule has 1 N–H and O–H groups in total. The molecule has 10 heavy (non-hydrogen) atoms. The first-order chi connectivity index (χ1) is 4.74. The fourth-order valence-electron chi connectivity index (χ4n) is 1.83. The van der Waals surface area contributed by atoms with Crippen LogP contribution in [0.2, 0.25) is 0 Å². The number of nitrogens with zero attached hydrogens (tertiary/aromatic N) is 1. The third-order valence-corrected chi connectivity index (χ3v) is 2.34. The molecular weight excluding hydrogens is 124 g/mol. The molecule has 0 amide bonds. The lowest BCUT2D eigenvalue weighted by molar-refractivity contribution is 0.303. The van der Waals surface area contributed by atoms with Crippen molar-refractivity contribution in [1.82, 2.24) is 10.2 Å². The summed E-state index contributed by atoms with van der Waals surface area (Å²) in [6.45, 7) is 4.74. The molecule has 0 aromatic heterocycles. The summed E-state index contributed by atoms with van der Waals surface area (Å²) in [6.07, 6.45) is 1.36. The molecule has 1 aliphatic rings. The van der Waals surface area contributed by atoms with Gasteiger partial charge in [0.15, 0.2) is 0 Å². The summed E-state index contributed by atoms with van der Waals surface area (Å²) in [7, 11) is 4.24. The highest BCUT2D eigenvalue weighted by Gasteiger charge is 2.25. The van der Waals surface area contributed by atoms with Crippen LogP contribution < -0.4 is 5.32 Å². The maximum atomic E-state index is 3.22. The van der Waals surface area contributed by atoms with Crippen molar-refractivity contribution in [2.75, 3.05) is 27.2 Å². The van der Waals surface area contributed by atoms with Crippen LogP contribution in [0.25, 0.3) is 0 Å². The summed E-state index contributed by atoms with van der Waals surface area (Å²) in [5, 5.41) is 3.22. The molecule has 0 saturated carbocycles. The lowest BCUT2D eigenvalue weighted by atomic mass is 10.1. The first-order valence-electron chi connectivity index (χ1n) is 4.09. The number of hydrogen-bond acceptors (Lipinski definition) is 2. The van der Waals surface area contributed by atoms with Gasteiger partial charge in [-0.25, -0.2) is 0 Å². The first-order valence-corrected chi connectivity index (χ1v) is 4.09. The summed E-state index contributed by atoms with van der Waals surface area (Å²) in [4.78, 5) is 2.45. The van der Waals surface area contributed by atoms with Crippen molar-refractivity contribution in [3.05, 3.63) is 0 Å². The Labute approximate surface area is 63.6 Å². The second kappa shape index (κ2) is 3.35. The van der Waals surface area contributed by atoms with Gasteiger partial charge in [-0.05, 0) is 26.4 Å². The van der Waals surface area contributed by atoms with Gasteiger partial charge in [-0.2, -0.15) is 0 Å². The molecule has 0 bridgehead atoms. The van der Waals surface area contributed by atoms with Crippen molar-refractivity contribution in [3.63, 3.8) is 0 Å². The second-order valence-corrected chi connectivity index (χ2v) is 3.49. The molecule has 0 aromatic carbocycles. The molecule has 2 nitrogen and oxygen atoms in total. The van der Waals surface area contributed by atoms with Crippen LogP contribution in [0, 0.1) is 5.92 Å². The van der Waals surface area contributed by atoms with Crippen LogP contribution in [0.4, 0.5) is 0 Å². The smallest absolute Gasteiger partial charge is 0.0220 e. The van der Waals surface area contributed by atoms with Crippen LogP contribution in [-0.4, -0.2) is 38.1 Å². The largest absolute Gasteiger partial charge is 0.318 e. The molecule has 0 aromatic rings. The zero-order chi connectivity index (χ0) is 7.56.